The second-order valence-corrected chi connectivity index (χ2v) is 9.00. The molecule has 1 aromatic heterocycles. The van der Waals surface area contributed by atoms with Gasteiger partial charge >= 0.3 is 0 Å². The first kappa shape index (κ1) is 18.1. The van der Waals surface area contributed by atoms with E-state index in [1.165, 1.54) is 23.1 Å². The van der Waals surface area contributed by atoms with Crippen LogP contribution in [0.25, 0.3) is 11.0 Å². The maximum Gasteiger partial charge on any atom is 0.254 e. The molecule has 3 aromatic rings. The molecule has 6 rings (SSSR count). The number of nitrogens with one attached hydrogen (secondary N) is 1. The zero-order chi connectivity index (χ0) is 20.1. The highest BCUT2D eigenvalue weighted by atomic mass is 16.5. The van der Waals surface area contributed by atoms with Gasteiger partial charge in [0, 0.05) is 37.3 Å². The van der Waals surface area contributed by atoms with E-state index in [2.05, 4.69) is 33.1 Å². The summed E-state index contributed by atoms with van der Waals surface area (Å²) < 4.78 is 5.55. The topological polar surface area (TPSA) is 58.2 Å². The number of H-pyrrole nitrogens is 1. The first-order valence-corrected chi connectivity index (χ1v) is 11.2. The Kier molecular flexibility index (Phi) is 4.38. The van der Waals surface area contributed by atoms with Crippen molar-refractivity contribution in [2.24, 2.45) is 0 Å². The highest BCUT2D eigenvalue weighted by Gasteiger charge is 2.41. The number of carbonyl (C=O) groups is 1. The van der Waals surface area contributed by atoms with Crippen LogP contribution in [-0.4, -0.2) is 46.6 Å². The second kappa shape index (κ2) is 7.24. The summed E-state index contributed by atoms with van der Waals surface area (Å²) in [5.74, 6) is 1.23. The Balaban J connectivity index is 1.28. The average Bonchev–Trinajstić information content (AvgIpc) is 3.42. The normalized spacial score (nSPS) is 24.1. The molecule has 0 radical (unpaired) electrons. The number of aromatic amines is 1. The summed E-state index contributed by atoms with van der Waals surface area (Å²) in [6.45, 7) is 2.59. The highest BCUT2D eigenvalue weighted by molar-refractivity contribution is 5.97. The van der Waals surface area contributed by atoms with Crippen LogP contribution in [0.15, 0.2) is 42.7 Å². The molecule has 2 aliphatic heterocycles. The Bertz CT molecular complexity index is 1100. The molecule has 1 amide bonds. The molecule has 2 aromatic carbocycles. The Morgan fingerprint density at radius 2 is 2.00 bits per heavy atom. The van der Waals surface area contributed by atoms with Gasteiger partial charge in [0.1, 0.15) is 0 Å². The minimum Gasteiger partial charge on any atom is -0.381 e. The van der Waals surface area contributed by atoms with Crippen molar-refractivity contribution in [3.63, 3.8) is 0 Å². The van der Waals surface area contributed by atoms with Gasteiger partial charge in [0.05, 0.1) is 17.4 Å². The van der Waals surface area contributed by atoms with Crippen molar-refractivity contribution in [3.05, 3.63) is 65.0 Å². The SMILES string of the molecule is O=C(c1ccc2nc[nH]c2c1)N1CCC[C@H]2c3cc(C4CCOCC4)ccc3C[C@H]21. The monoisotopic (exact) mass is 401 g/mol. The predicted molar refractivity (Wildman–Crippen MR) is 116 cm³/mol. The Hall–Kier alpha value is -2.66. The van der Waals surface area contributed by atoms with Crippen molar-refractivity contribution in [1.82, 2.24) is 14.9 Å². The zero-order valence-corrected chi connectivity index (χ0v) is 17.1. The minimum absolute atomic E-state index is 0.152. The number of likely N-dealkylation sites (tertiary alicyclic amines) is 1. The molecule has 3 heterocycles. The molecule has 2 atom stereocenters. The van der Waals surface area contributed by atoms with E-state index in [1.54, 1.807) is 6.33 Å². The Morgan fingerprint density at radius 1 is 1.10 bits per heavy atom. The van der Waals surface area contributed by atoms with Crippen LogP contribution in [0.4, 0.5) is 0 Å². The maximum absolute atomic E-state index is 13.5. The molecule has 154 valence electrons. The lowest BCUT2D eigenvalue weighted by Crippen LogP contribution is -2.46. The van der Waals surface area contributed by atoms with Gasteiger partial charge in [0.15, 0.2) is 0 Å². The van der Waals surface area contributed by atoms with Gasteiger partial charge in [-0.3, -0.25) is 4.79 Å². The maximum atomic E-state index is 13.5. The largest absolute Gasteiger partial charge is 0.381 e. The number of piperidine rings is 1. The van der Waals surface area contributed by atoms with Gasteiger partial charge in [-0.15, -0.1) is 0 Å². The van der Waals surface area contributed by atoms with Crippen molar-refractivity contribution in [2.45, 2.75) is 50.0 Å². The summed E-state index contributed by atoms with van der Waals surface area (Å²) in [5, 5.41) is 0. The third-order valence-electron chi connectivity index (χ3n) is 7.40. The smallest absolute Gasteiger partial charge is 0.254 e. The van der Waals surface area contributed by atoms with E-state index in [0.29, 0.717) is 11.8 Å². The van der Waals surface area contributed by atoms with E-state index in [9.17, 15) is 4.79 Å². The quantitative estimate of drug-likeness (QED) is 0.692. The van der Waals surface area contributed by atoms with Crippen LogP contribution in [0.1, 0.15) is 64.6 Å². The second-order valence-electron chi connectivity index (χ2n) is 9.00. The standard InChI is InChI=1S/C25H27N3O2/c29-25(19-5-6-22-23(13-19)27-15-26-22)28-9-1-2-20-21-12-17(16-7-10-30-11-8-16)3-4-18(21)14-24(20)28/h3-6,12-13,15-16,20,24H,1-2,7-11,14H2,(H,26,27)/t20-,24+/m0/s1. The van der Waals surface area contributed by atoms with Crippen molar-refractivity contribution in [2.75, 3.05) is 19.8 Å². The molecule has 2 fully saturated rings. The number of amides is 1. The molecule has 5 nitrogen and oxygen atoms in total. The van der Waals surface area contributed by atoms with E-state index in [0.717, 1.165) is 62.0 Å². The van der Waals surface area contributed by atoms with E-state index in [1.807, 2.05) is 18.2 Å². The number of benzene rings is 2. The number of carbonyl (C=O) groups excluding carboxylic acids is 1. The molecular weight excluding hydrogens is 374 g/mol. The molecule has 0 spiro atoms. The van der Waals surface area contributed by atoms with E-state index in [-0.39, 0.29) is 11.9 Å². The lowest BCUT2D eigenvalue weighted by Gasteiger charge is -2.38. The fraction of sp³-hybridized carbons (Fsp3) is 0.440. The van der Waals surface area contributed by atoms with E-state index < -0.39 is 0 Å². The third kappa shape index (κ3) is 2.95. The fourth-order valence-electron chi connectivity index (χ4n) is 5.81. The molecule has 1 aliphatic carbocycles. The van der Waals surface area contributed by atoms with Crippen molar-refractivity contribution in [1.29, 1.82) is 0 Å². The lowest BCUT2D eigenvalue weighted by atomic mass is 9.85. The van der Waals surface area contributed by atoms with Crippen LogP contribution in [0, 0.1) is 0 Å². The summed E-state index contributed by atoms with van der Waals surface area (Å²) in [5.41, 5.74) is 6.97. The number of ether oxygens (including phenoxy) is 1. The van der Waals surface area contributed by atoms with Gasteiger partial charge in [0.2, 0.25) is 0 Å². The summed E-state index contributed by atoms with van der Waals surface area (Å²) in [4.78, 5) is 23.0. The first-order chi connectivity index (χ1) is 14.8. The van der Waals surface area contributed by atoms with Gasteiger partial charge in [-0.2, -0.15) is 0 Å². The number of hydrogen-bond acceptors (Lipinski definition) is 3. The molecule has 0 bridgehead atoms. The van der Waals surface area contributed by atoms with Gasteiger partial charge in [-0.05, 0) is 72.9 Å². The molecule has 30 heavy (non-hydrogen) atoms. The van der Waals surface area contributed by atoms with Crippen molar-refractivity contribution < 1.29 is 9.53 Å². The molecule has 3 aliphatic rings. The van der Waals surface area contributed by atoms with Crippen molar-refractivity contribution in [3.8, 4) is 0 Å². The average molecular weight is 402 g/mol. The van der Waals surface area contributed by atoms with E-state index >= 15 is 0 Å². The minimum atomic E-state index is 0.152. The van der Waals surface area contributed by atoms with Gasteiger partial charge in [-0.25, -0.2) is 4.98 Å². The van der Waals surface area contributed by atoms with Crippen molar-refractivity contribution >= 4 is 16.9 Å². The first-order valence-electron chi connectivity index (χ1n) is 11.2. The molecule has 5 heteroatoms. The number of rotatable bonds is 2. The number of aromatic nitrogens is 2. The highest BCUT2D eigenvalue weighted by Crippen LogP contribution is 2.44. The summed E-state index contributed by atoms with van der Waals surface area (Å²) in [6, 6.07) is 13.2. The van der Waals surface area contributed by atoms with Gasteiger partial charge in [-0.1, -0.05) is 18.2 Å². The van der Waals surface area contributed by atoms with Crippen LogP contribution in [-0.2, 0) is 11.2 Å². The summed E-state index contributed by atoms with van der Waals surface area (Å²) in [7, 11) is 0. The third-order valence-corrected chi connectivity index (χ3v) is 7.40. The van der Waals surface area contributed by atoms with Crippen LogP contribution in [0.5, 0.6) is 0 Å². The predicted octanol–water partition coefficient (Wildman–Crippen LogP) is 4.40. The molecule has 2 saturated heterocycles. The number of imidazole rings is 1. The lowest BCUT2D eigenvalue weighted by molar-refractivity contribution is 0.0595. The summed E-state index contributed by atoms with van der Waals surface area (Å²) >= 11 is 0. The Morgan fingerprint density at radius 3 is 2.90 bits per heavy atom. The van der Waals surface area contributed by atoms with Gasteiger partial charge < -0.3 is 14.6 Å². The number of nitrogens with zero attached hydrogens (tertiary/aromatic N) is 2. The van der Waals surface area contributed by atoms with Gasteiger partial charge in [0.25, 0.3) is 5.91 Å². The summed E-state index contributed by atoms with van der Waals surface area (Å²) in [6.07, 6.45) is 7.14. The Labute approximate surface area is 176 Å². The van der Waals surface area contributed by atoms with Crippen LogP contribution < -0.4 is 0 Å². The zero-order valence-electron chi connectivity index (χ0n) is 17.1. The van der Waals surface area contributed by atoms with Crippen LogP contribution in [0.3, 0.4) is 0 Å². The fourth-order valence-corrected chi connectivity index (χ4v) is 5.81. The van der Waals surface area contributed by atoms with E-state index in [4.69, 9.17) is 4.74 Å². The van der Waals surface area contributed by atoms with Crippen LogP contribution in [0.2, 0.25) is 0 Å². The molecular formula is C25H27N3O2. The molecule has 0 unspecified atom stereocenters. The number of hydrogen-bond donors (Lipinski definition) is 1. The number of fused-ring (bicyclic) bond motifs is 4. The van der Waals surface area contributed by atoms with Crippen LogP contribution >= 0.6 is 0 Å². The molecule has 1 N–H and O–H groups in total. The molecule has 0 saturated carbocycles.